The lowest BCUT2D eigenvalue weighted by molar-refractivity contribution is 0.544. The summed E-state index contributed by atoms with van der Waals surface area (Å²) in [6.07, 6.45) is 0. The van der Waals surface area contributed by atoms with Gasteiger partial charge >= 0.3 is 0 Å². The van der Waals surface area contributed by atoms with Crippen LogP contribution in [0.5, 0.6) is 0 Å². The second kappa shape index (κ2) is 6.09. The number of rotatable bonds is 4. The Labute approximate surface area is 126 Å². The van der Waals surface area contributed by atoms with Crippen LogP contribution in [-0.2, 0) is 16.6 Å². The minimum absolute atomic E-state index is 0.0240. The third kappa shape index (κ3) is 3.58. The first-order valence-electron chi connectivity index (χ1n) is 6.00. The standard InChI is InChI=1S/C14H12ClF2NO2S/c1-9-2-4-10(5-3-9)21(19,20)18-8-11-13(16)7-6-12(15)14(11)17/h2-7,18H,8H2,1H3. The average molecular weight is 332 g/mol. The minimum Gasteiger partial charge on any atom is -0.207 e. The van der Waals surface area contributed by atoms with Crippen LogP contribution < -0.4 is 4.72 Å². The molecule has 0 aliphatic heterocycles. The molecule has 0 saturated heterocycles. The smallest absolute Gasteiger partial charge is 0.207 e. The van der Waals surface area contributed by atoms with Crippen molar-refractivity contribution in [2.75, 3.05) is 0 Å². The molecule has 0 aliphatic rings. The highest BCUT2D eigenvalue weighted by molar-refractivity contribution is 7.89. The van der Waals surface area contributed by atoms with Gasteiger partial charge in [0.05, 0.1) is 9.92 Å². The minimum atomic E-state index is -3.85. The molecule has 0 spiro atoms. The Morgan fingerprint density at radius 3 is 2.33 bits per heavy atom. The fourth-order valence-electron chi connectivity index (χ4n) is 1.70. The van der Waals surface area contributed by atoms with Gasteiger partial charge in [-0.3, -0.25) is 0 Å². The number of nitrogens with one attached hydrogen (secondary N) is 1. The first-order chi connectivity index (χ1) is 9.81. The van der Waals surface area contributed by atoms with E-state index in [1.807, 2.05) is 6.92 Å². The van der Waals surface area contributed by atoms with E-state index in [-0.39, 0.29) is 9.92 Å². The molecule has 2 rings (SSSR count). The van der Waals surface area contributed by atoms with Crippen LogP contribution in [0.25, 0.3) is 0 Å². The normalized spacial score (nSPS) is 11.6. The van der Waals surface area contributed by atoms with Crippen LogP contribution in [0.4, 0.5) is 8.78 Å². The van der Waals surface area contributed by atoms with Crippen molar-refractivity contribution in [1.29, 1.82) is 0 Å². The molecule has 0 aromatic heterocycles. The molecule has 2 aromatic carbocycles. The van der Waals surface area contributed by atoms with E-state index in [2.05, 4.69) is 4.72 Å². The zero-order valence-electron chi connectivity index (χ0n) is 11.0. The number of halogens is 3. The van der Waals surface area contributed by atoms with Gasteiger partial charge in [-0.2, -0.15) is 0 Å². The molecule has 0 heterocycles. The summed E-state index contributed by atoms with van der Waals surface area (Å²) in [5.41, 5.74) is 0.485. The lowest BCUT2D eigenvalue weighted by Gasteiger charge is -2.09. The van der Waals surface area contributed by atoms with Gasteiger partial charge in [-0.15, -0.1) is 0 Å². The second-order valence-electron chi connectivity index (χ2n) is 4.46. The molecule has 112 valence electrons. The van der Waals surface area contributed by atoms with Gasteiger partial charge in [0, 0.05) is 12.1 Å². The quantitative estimate of drug-likeness (QED) is 0.873. The first-order valence-corrected chi connectivity index (χ1v) is 7.86. The molecule has 7 heteroatoms. The van der Waals surface area contributed by atoms with Crippen molar-refractivity contribution in [2.24, 2.45) is 0 Å². The highest BCUT2D eigenvalue weighted by atomic mass is 35.5. The summed E-state index contributed by atoms with van der Waals surface area (Å²) in [6.45, 7) is 1.30. The third-order valence-electron chi connectivity index (χ3n) is 2.91. The van der Waals surface area contributed by atoms with Crippen molar-refractivity contribution in [1.82, 2.24) is 4.72 Å². The summed E-state index contributed by atoms with van der Waals surface area (Å²) in [5.74, 6) is -1.83. The van der Waals surface area contributed by atoms with Crippen molar-refractivity contribution in [3.63, 3.8) is 0 Å². The van der Waals surface area contributed by atoms with E-state index in [1.54, 1.807) is 12.1 Å². The van der Waals surface area contributed by atoms with Gasteiger partial charge in [-0.05, 0) is 31.2 Å². The molecule has 21 heavy (non-hydrogen) atoms. The highest BCUT2D eigenvalue weighted by Gasteiger charge is 2.18. The van der Waals surface area contributed by atoms with Gasteiger partial charge in [0.1, 0.15) is 11.6 Å². The van der Waals surface area contributed by atoms with Gasteiger partial charge < -0.3 is 0 Å². The van der Waals surface area contributed by atoms with Crippen LogP contribution in [0.1, 0.15) is 11.1 Å². The Bertz CT molecular complexity index is 761. The Kier molecular flexibility index (Phi) is 4.61. The summed E-state index contributed by atoms with van der Waals surface area (Å²) in [5, 5.41) is -0.263. The van der Waals surface area contributed by atoms with Crippen LogP contribution in [-0.4, -0.2) is 8.42 Å². The predicted molar refractivity (Wildman–Crippen MR) is 76.6 cm³/mol. The van der Waals surface area contributed by atoms with Gasteiger partial charge in [0.15, 0.2) is 0 Å². The topological polar surface area (TPSA) is 46.2 Å². The fraction of sp³-hybridized carbons (Fsp3) is 0.143. The maximum absolute atomic E-state index is 13.7. The van der Waals surface area contributed by atoms with Crippen LogP contribution in [0.3, 0.4) is 0 Å². The predicted octanol–water partition coefficient (Wildman–Crippen LogP) is 3.41. The molecule has 0 aliphatic carbocycles. The maximum Gasteiger partial charge on any atom is 0.240 e. The Hall–Kier alpha value is -1.50. The molecule has 0 bridgehead atoms. The number of aryl methyl sites for hydroxylation is 1. The summed E-state index contributed by atoms with van der Waals surface area (Å²) in [7, 11) is -3.85. The van der Waals surface area contributed by atoms with E-state index in [4.69, 9.17) is 11.6 Å². The van der Waals surface area contributed by atoms with Crippen LogP contribution >= 0.6 is 11.6 Å². The summed E-state index contributed by atoms with van der Waals surface area (Å²) in [6, 6.07) is 8.17. The molecule has 1 N–H and O–H groups in total. The van der Waals surface area contributed by atoms with E-state index < -0.39 is 33.8 Å². The lowest BCUT2D eigenvalue weighted by atomic mass is 10.2. The van der Waals surface area contributed by atoms with E-state index in [0.29, 0.717) is 0 Å². The van der Waals surface area contributed by atoms with Crippen molar-refractivity contribution >= 4 is 21.6 Å². The van der Waals surface area contributed by atoms with Crippen molar-refractivity contribution in [2.45, 2.75) is 18.4 Å². The zero-order valence-corrected chi connectivity index (χ0v) is 12.6. The number of sulfonamides is 1. The van der Waals surface area contributed by atoms with E-state index in [0.717, 1.165) is 17.7 Å². The zero-order chi connectivity index (χ0) is 15.6. The Morgan fingerprint density at radius 2 is 1.71 bits per heavy atom. The average Bonchev–Trinajstić information content (AvgIpc) is 2.43. The van der Waals surface area contributed by atoms with Crippen LogP contribution in [0, 0.1) is 18.6 Å². The lowest BCUT2D eigenvalue weighted by Crippen LogP contribution is -2.24. The van der Waals surface area contributed by atoms with Gasteiger partial charge in [-0.25, -0.2) is 21.9 Å². The largest absolute Gasteiger partial charge is 0.240 e. The monoisotopic (exact) mass is 331 g/mol. The molecule has 3 nitrogen and oxygen atoms in total. The van der Waals surface area contributed by atoms with E-state index >= 15 is 0 Å². The molecular formula is C14H12ClF2NO2S. The SMILES string of the molecule is Cc1ccc(S(=O)(=O)NCc2c(F)ccc(Cl)c2F)cc1. The Balaban J connectivity index is 2.23. The summed E-state index contributed by atoms with van der Waals surface area (Å²) in [4.78, 5) is 0.0240. The van der Waals surface area contributed by atoms with Crippen molar-refractivity contribution in [3.8, 4) is 0 Å². The summed E-state index contributed by atoms with van der Waals surface area (Å²) >= 11 is 5.55. The summed E-state index contributed by atoms with van der Waals surface area (Å²) < 4.78 is 53.4. The van der Waals surface area contributed by atoms with Crippen molar-refractivity contribution in [3.05, 3.63) is 64.2 Å². The van der Waals surface area contributed by atoms with E-state index in [9.17, 15) is 17.2 Å². The highest BCUT2D eigenvalue weighted by Crippen LogP contribution is 2.21. The number of hydrogen-bond acceptors (Lipinski definition) is 2. The molecule has 0 saturated carbocycles. The maximum atomic E-state index is 13.7. The molecule has 0 amide bonds. The molecule has 0 unspecified atom stereocenters. The van der Waals surface area contributed by atoms with E-state index in [1.165, 1.54) is 12.1 Å². The van der Waals surface area contributed by atoms with Gasteiger partial charge in [0.25, 0.3) is 0 Å². The number of hydrogen-bond donors (Lipinski definition) is 1. The van der Waals surface area contributed by atoms with Crippen LogP contribution in [0.2, 0.25) is 5.02 Å². The second-order valence-corrected chi connectivity index (χ2v) is 6.63. The van der Waals surface area contributed by atoms with Crippen LogP contribution in [0.15, 0.2) is 41.3 Å². The molecular weight excluding hydrogens is 320 g/mol. The van der Waals surface area contributed by atoms with Gasteiger partial charge in [0.2, 0.25) is 10.0 Å². The molecule has 2 aromatic rings. The molecule has 0 fully saturated rings. The van der Waals surface area contributed by atoms with Crippen molar-refractivity contribution < 1.29 is 17.2 Å². The first kappa shape index (κ1) is 15.9. The number of benzene rings is 2. The molecule has 0 atom stereocenters. The van der Waals surface area contributed by atoms with Gasteiger partial charge in [-0.1, -0.05) is 29.3 Å². The third-order valence-corrected chi connectivity index (χ3v) is 4.62. The molecule has 0 radical (unpaired) electrons. The Morgan fingerprint density at radius 1 is 1.10 bits per heavy atom. The fourth-order valence-corrected chi connectivity index (χ4v) is 2.87.